The predicted octanol–water partition coefficient (Wildman–Crippen LogP) is 1.09. The summed E-state index contributed by atoms with van der Waals surface area (Å²) in [5, 5.41) is 5.21. The molecule has 174 valence electrons. The number of hydrogen-bond donors (Lipinski definition) is 2. The summed E-state index contributed by atoms with van der Waals surface area (Å²) in [6.45, 7) is 2.27. The standard InChI is InChI=1S/C17H24N2O8S4/c1-17(6-4-13(5-7-17)31(24,25)26)14-10-12-11-15(29(18,20)21)28-16(12)30(22,23)19(14)8-3-9-27-2/h4-6,11,14H,3,7-10H2,1-2H3,(H2,18,20,21)(H,24,25,26). The van der Waals surface area contributed by atoms with Crippen LogP contribution >= 0.6 is 11.3 Å². The Morgan fingerprint density at radius 2 is 2.03 bits per heavy atom. The van der Waals surface area contributed by atoms with E-state index in [2.05, 4.69) is 0 Å². The molecule has 0 fully saturated rings. The highest BCUT2D eigenvalue weighted by atomic mass is 32.3. The number of sulfonamides is 2. The minimum Gasteiger partial charge on any atom is -0.385 e. The SMILES string of the molecule is COCCCN1C(C2(C)C=CC(S(=O)(=O)O)=CC2)Cc2cc(S(N)(=O)=O)sc2S1(=O)=O. The van der Waals surface area contributed by atoms with E-state index in [9.17, 15) is 29.8 Å². The molecule has 0 saturated heterocycles. The Kier molecular flexibility index (Phi) is 6.59. The second-order valence-electron chi connectivity index (χ2n) is 7.73. The molecule has 0 saturated carbocycles. The molecule has 0 aromatic carbocycles. The Morgan fingerprint density at radius 1 is 1.35 bits per heavy atom. The van der Waals surface area contributed by atoms with E-state index in [1.165, 1.54) is 29.6 Å². The molecule has 2 atom stereocenters. The zero-order valence-corrected chi connectivity index (χ0v) is 20.2. The second-order valence-corrected chi connectivity index (χ2v) is 14.1. The molecular formula is C17H24N2O8S4. The fraction of sp³-hybridized carbons (Fsp3) is 0.529. The lowest BCUT2D eigenvalue weighted by atomic mass is 9.74. The molecule has 10 nitrogen and oxygen atoms in total. The summed E-state index contributed by atoms with van der Waals surface area (Å²) in [6.07, 6.45) is 5.01. The van der Waals surface area contributed by atoms with E-state index >= 15 is 0 Å². The maximum atomic E-state index is 13.4. The van der Waals surface area contributed by atoms with E-state index in [4.69, 9.17) is 9.88 Å². The summed E-state index contributed by atoms with van der Waals surface area (Å²) in [6, 6.07) is 0.682. The van der Waals surface area contributed by atoms with Gasteiger partial charge in [0.1, 0.15) is 8.42 Å². The smallest absolute Gasteiger partial charge is 0.294 e. The van der Waals surface area contributed by atoms with Crippen LogP contribution in [0.25, 0.3) is 0 Å². The number of ether oxygens (including phenoxy) is 1. The number of hydrogen-bond acceptors (Lipinski definition) is 8. The summed E-state index contributed by atoms with van der Waals surface area (Å²) in [4.78, 5) is -0.248. The van der Waals surface area contributed by atoms with Gasteiger partial charge in [-0.1, -0.05) is 19.1 Å². The molecule has 3 N–H and O–H groups in total. The number of nitrogens with zero attached hydrogens (tertiary/aromatic N) is 1. The number of thiophene rings is 1. The van der Waals surface area contributed by atoms with Gasteiger partial charge in [0.05, 0.1) is 4.91 Å². The fourth-order valence-electron chi connectivity index (χ4n) is 3.84. The maximum Gasteiger partial charge on any atom is 0.294 e. The van der Waals surface area contributed by atoms with Gasteiger partial charge < -0.3 is 4.74 Å². The van der Waals surface area contributed by atoms with Gasteiger partial charge in [-0.3, -0.25) is 4.55 Å². The Labute approximate surface area is 186 Å². The van der Waals surface area contributed by atoms with Crippen molar-refractivity contribution in [1.29, 1.82) is 0 Å². The van der Waals surface area contributed by atoms with Gasteiger partial charge in [-0.05, 0) is 37.0 Å². The van der Waals surface area contributed by atoms with Gasteiger partial charge in [0, 0.05) is 31.7 Å². The van der Waals surface area contributed by atoms with Gasteiger partial charge in [-0.25, -0.2) is 22.0 Å². The highest BCUT2D eigenvalue weighted by Gasteiger charge is 2.47. The molecule has 1 aliphatic heterocycles. The normalized spacial score (nSPS) is 26.5. The summed E-state index contributed by atoms with van der Waals surface area (Å²) in [5.74, 6) is 0. The first-order valence-corrected chi connectivity index (χ1v) is 14.5. The van der Waals surface area contributed by atoms with Crippen LogP contribution < -0.4 is 5.14 Å². The highest BCUT2D eigenvalue weighted by Crippen LogP contribution is 2.46. The van der Waals surface area contributed by atoms with Crippen LogP contribution in [0, 0.1) is 5.41 Å². The monoisotopic (exact) mass is 512 g/mol. The quantitative estimate of drug-likeness (QED) is 0.405. The van der Waals surface area contributed by atoms with Gasteiger partial charge in [-0.15, -0.1) is 11.3 Å². The van der Waals surface area contributed by atoms with Crippen LogP contribution in [0.3, 0.4) is 0 Å². The molecule has 0 bridgehead atoms. The van der Waals surface area contributed by atoms with E-state index < -0.39 is 41.6 Å². The third kappa shape index (κ3) is 4.80. The Hall–Kier alpha value is -1.13. The van der Waals surface area contributed by atoms with Crippen molar-refractivity contribution in [2.75, 3.05) is 20.3 Å². The molecule has 14 heteroatoms. The molecule has 0 spiro atoms. The molecule has 1 aromatic rings. The summed E-state index contributed by atoms with van der Waals surface area (Å²) in [7, 11) is -11.0. The van der Waals surface area contributed by atoms with E-state index in [0.29, 0.717) is 29.9 Å². The molecule has 0 radical (unpaired) electrons. The van der Waals surface area contributed by atoms with E-state index in [0.717, 1.165) is 0 Å². The predicted molar refractivity (Wildman–Crippen MR) is 115 cm³/mol. The summed E-state index contributed by atoms with van der Waals surface area (Å²) >= 11 is 0.627. The number of fused-ring (bicyclic) bond motifs is 1. The van der Waals surface area contributed by atoms with Gasteiger partial charge in [0.2, 0.25) is 10.0 Å². The number of rotatable bonds is 7. The summed E-state index contributed by atoms with van der Waals surface area (Å²) in [5.41, 5.74) is -0.434. The highest BCUT2D eigenvalue weighted by molar-refractivity contribution is 7.94. The largest absolute Gasteiger partial charge is 0.385 e. The van der Waals surface area contributed by atoms with Crippen molar-refractivity contribution in [3.05, 3.63) is 34.8 Å². The average molecular weight is 513 g/mol. The van der Waals surface area contributed by atoms with Crippen LogP contribution in [0.2, 0.25) is 0 Å². The van der Waals surface area contributed by atoms with Crippen LogP contribution in [-0.2, 0) is 41.3 Å². The van der Waals surface area contributed by atoms with Gasteiger partial charge >= 0.3 is 0 Å². The molecule has 2 aliphatic rings. The first-order chi connectivity index (χ1) is 14.2. The number of nitrogens with two attached hydrogens (primary N) is 1. The zero-order valence-electron chi connectivity index (χ0n) is 16.9. The molecule has 2 heterocycles. The van der Waals surface area contributed by atoms with Crippen molar-refractivity contribution in [2.24, 2.45) is 10.6 Å². The van der Waals surface area contributed by atoms with Crippen LogP contribution in [0.5, 0.6) is 0 Å². The second kappa shape index (κ2) is 8.33. The van der Waals surface area contributed by atoms with Crippen LogP contribution in [0.1, 0.15) is 25.3 Å². The third-order valence-corrected chi connectivity index (χ3v) is 11.4. The first-order valence-electron chi connectivity index (χ1n) is 9.23. The molecule has 0 amide bonds. The minimum absolute atomic E-state index is 0.0530. The first kappa shape index (κ1) is 24.5. The van der Waals surface area contributed by atoms with Crippen molar-refractivity contribution in [3.8, 4) is 0 Å². The number of methoxy groups -OCH3 is 1. The Morgan fingerprint density at radius 3 is 2.55 bits per heavy atom. The van der Waals surface area contributed by atoms with Gasteiger partial charge in [0.15, 0.2) is 0 Å². The Bertz CT molecular complexity index is 1240. The summed E-state index contributed by atoms with van der Waals surface area (Å²) < 4.78 is 88.7. The van der Waals surface area contributed by atoms with Crippen molar-refractivity contribution in [2.45, 2.75) is 40.6 Å². The maximum absolute atomic E-state index is 13.4. The molecular weight excluding hydrogens is 488 g/mol. The fourth-order valence-corrected chi connectivity index (χ4v) is 8.90. The van der Waals surface area contributed by atoms with E-state index in [1.807, 2.05) is 0 Å². The van der Waals surface area contributed by atoms with Crippen molar-refractivity contribution in [1.82, 2.24) is 4.31 Å². The van der Waals surface area contributed by atoms with Crippen molar-refractivity contribution >= 4 is 41.5 Å². The van der Waals surface area contributed by atoms with Crippen LogP contribution in [-0.4, -0.2) is 60.4 Å². The van der Waals surface area contributed by atoms with Crippen molar-refractivity contribution in [3.63, 3.8) is 0 Å². The van der Waals surface area contributed by atoms with Gasteiger partial charge in [-0.2, -0.15) is 12.7 Å². The zero-order chi connectivity index (χ0) is 23.2. The molecule has 3 rings (SSSR count). The molecule has 1 aromatic heterocycles. The molecule has 31 heavy (non-hydrogen) atoms. The Balaban J connectivity index is 2.07. The molecule has 2 unspecified atom stereocenters. The van der Waals surface area contributed by atoms with E-state index in [1.54, 1.807) is 13.0 Å². The topological polar surface area (TPSA) is 161 Å². The molecule has 1 aliphatic carbocycles. The van der Waals surface area contributed by atoms with Crippen molar-refractivity contribution < 1.29 is 34.5 Å². The minimum atomic E-state index is -4.38. The lowest BCUT2D eigenvalue weighted by molar-refractivity contribution is 0.150. The van der Waals surface area contributed by atoms with Crippen LogP contribution in [0.15, 0.2) is 37.6 Å². The lowest BCUT2D eigenvalue weighted by Gasteiger charge is -2.45. The van der Waals surface area contributed by atoms with Crippen LogP contribution in [0.4, 0.5) is 0 Å². The van der Waals surface area contributed by atoms with E-state index in [-0.39, 0.29) is 32.7 Å². The average Bonchev–Trinajstić information content (AvgIpc) is 3.09. The third-order valence-electron chi connectivity index (χ3n) is 5.49. The lowest BCUT2D eigenvalue weighted by Crippen LogP contribution is -2.53. The van der Waals surface area contributed by atoms with Gasteiger partial charge in [0.25, 0.3) is 20.1 Å². The number of primary sulfonamides is 1. The number of allylic oxidation sites excluding steroid dienone is 2.